The van der Waals surface area contributed by atoms with Gasteiger partial charge in [0.2, 0.25) is 0 Å². The molecule has 4 rings (SSSR count). The van der Waals surface area contributed by atoms with Crippen molar-refractivity contribution in [3.63, 3.8) is 0 Å². The van der Waals surface area contributed by atoms with Crippen LogP contribution < -0.4 is 0 Å². The van der Waals surface area contributed by atoms with Gasteiger partial charge < -0.3 is 9.55 Å². The van der Waals surface area contributed by atoms with Gasteiger partial charge in [0.05, 0.1) is 16.8 Å². The fraction of sp³-hybridized carbons (Fsp3) is 0.450. The van der Waals surface area contributed by atoms with E-state index >= 15 is 0 Å². The maximum atomic E-state index is 13.1. The summed E-state index contributed by atoms with van der Waals surface area (Å²) in [6.45, 7) is 3.80. The second-order valence-corrected chi connectivity index (χ2v) is 11.3. The minimum atomic E-state index is -2.91. The maximum absolute atomic E-state index is 13.1. The lowest BCUT2D eigenvalue weighted by Gasteiger charge is -2.11. The van der Waals surface area contributed by atoms with Gasteiger partial charge in [-0.15, -0.1) is 10.2 Å². The van der Waals surface area contributed by atoms with Crippen LogP contribution in [0.2, 0.25) is 0 Å². The van der Waals surface area contributed by atoms with Crippen molar-refractivity contribution in [1.82, 2.24) is 19.7 Å². The molecule has 2 unspecified atom stereocenters. The lowest BCUT2D eigenvalue weighted by atomic mass is 10.1. The smallest absolute Gasteiger partial charge is 0.191 e. The summed E-state index contributed by atoms with van der Waals surface area (Å²) in [5, 5.41) is 9.77. The number of aromatic nitrogens is 4. The van der Waals surface area contributed by atoms with Crippen molar-refractivity contribution < 1.29 is 13.2 Å². The molecule has 1 N–H and O–H groups in total. The molecule has 1 aliphatic rings. The Balaban J connectivity index is 1.50. The summed E-state index contributed by atoms with van der Waals surface area (Å²) in [5.41, 5.74) is 2.54. The molecule has 29 heavy (non-hydrogen) atoms. The molecule has 0 saturated carbocycles. The number of thioether (sulfide) groups is 1. The van der Waals surface area contributed by atoms with Crippen LogP contribution in [0, 0.1) is 12.8 Å². The Kier molecular flexibility index (Phi) is 5.29. The summed E-state index contributed by atoms with van der Waals surface area (Å²) < 4.78 is 25.3. The summed E-state index contributed by atoms with van der Waals surface area (Å²) in [7, 11) is -1.04. The second kappa shape index (κ2) is 7.60. The summed E-state index contributed by atoms with van der Waals surface area (Å²) in [6, 6.07) is 7.80. The molecule has 0 aliphatic carbocycles. The standard InChI is InChI=1S/C20H24N4O3S2/c1-12-18(15-6-4-5-7-16(15)21-12)19(25)13(2)28-20-23-22-17(24(20)3)10-14-8-9-29(26,27)11-14/h4-7,13-14,21H,8-11H2,1-3H3. The molecular weight excluding hydrogens is 408 g/mol. The molecule has 0 spiro atoms. The zero-order valence-corrected chi connectivity index (χ0v) is 18.3. The van der Waals surface area contributed by atoms with E-state index in [9.17, 15) is 13.2 Å². The van der Waals surface area contributed by atoms with Gasteiger partial charge >= 0.3 is 0 Å². The normalized spacial score (nSPS) is 19.6. The van der Waals surface area contributed by atoms with Gasteiger partial charge in [-0.05, 0) is 32.3 Å². The number of ketones is 1. The summed E-state index contributed by atoms with van der Waals surface area (Å²) >= 11 is 1.38. The van der Waals surface area contributed by atoms with E-state index in [1.165, 1.54) is 11.8 Å². The van der Waals surface area contributed by atoms with Crippen molar-refractivity contribution >= 4 is 38.3 Å². The van der Waals surface area contributed by atoms with Crippen molar-refractivity contribution in [2.24, 2.45) is 13.0 Å². The highest BCUT2D eigenvalue weighted by Gasteiger charge is 2.30. The molecule has 1 aromatic carbocycles. The van der Waals surface area contributed by atoms with Gasteiger partial charge in [0.1, 0.15) is 5.82 Å². The van der Waals surface area contributed by atoms with Crippen LogP contribution in [0.25, 0.3) is 10.9 Å². The van der Waals surface area contributed by atoms with Gasteiger partial charge in [0.25, 0.3) is 0 Å². The Hall–Kier alpha value is -2.13. The Labute approximate surface area is 174 Å². The predicted molar refractivity (Wildman–Crippen MR) is 114 cm³/mol. The third-order valence-electron chi connectivity index (χ3n) is 5.51. The van der Waals surface area contributed by atoms with Gasteiger partial charge in [0.15, 0.2) is 20.8 Å². The number of aromatic amines is 1. The van der Waals surface area contributed by atoms with Gasteiger partial charge in [-0.1, -0.05) is 30.0 Å². The first-order chi connectivity index (χ1) is 13.7. The van der Waals surface area contributed by atoms with Crippen LogP contribution in [0.15, 0.2) is 29.4 Å². The summed E-state index contributed by atoms with van der Waals surface area (Å²) in [5.74, 6) is 1.38. The topological polar surface area (TPSA) is 97.7 Å². The summed E-state index contributed by atoms with van der Waals surface area (Å²) in [6.07, 6.45) is 1.26. The zero-order valence-electron chi connectivity index (χ0n) is 16.7. The van der Waals surface area contributed by atoms with Crippen LogP contribution in [0.1, 0.15) is 35.2 Å². The molecule has 1 aliphatic heterocycles. The molecule has 0 bridgehead atoms. The minimum absolute atomic E-state index is 0.0522. The highest BCUT2D eigenvalue weighted by molar-refractivity contribution is 8.00. The van der Waals surface area contributed by atoms with Crippen LogP contribution in [0.3, 0.4) is 0 Å². The first-order valence-corrected chi connectivity index (χ1v) is 12.3. The van der Waals surface area contributed by atoms with Crippen molar-refractivity contribution in [1.29, 1.82) is 0 Å². The number of Topliss-reactive ketones (excluding diaryl/α,β-unsaturated/α-hetero) is 1. The quantitative estimate of drug-likeness (QED) is 0.475. The summed E-state index contributed by atoms with van der Waals surface area (Å²) in [4.78, 5) is 16.4. The molecule has 2 aromatic heterocycles. The second-order valence-electron chi connectivity index (χ2n) is 7.73. The molecule has 2 atom stereocenters. The monoisotopic (exact) mass is 432 g/mol. The number of H-pyrrole nitrogens is 1. The molecule has 0 radical (unpaired) electrons. The lowest BCUT2D eigenvalue weighted by Crippen LogP contribution is -2.15. The number of carbonyl (C=O) groups excluding carboxylic acids is 1. The average molecular weight is 433 g/mol. The van der Waals surface area contributed by atoms with E-state index in [0.29, 0.717) is 18.0 Å². The van der Waals surface area contributed by atoms with Crippen LogP contribution in [0.5, 0.6) is 0 Å². The first kappa shape index (κ1) is 20.2. The van der Waals surface area contributed by atoms with Crippen molar-refractivity contribution in [3.05, 3.63) is 41.3 Å². The predicted octanol–water partition coefficient (Wildman–Crippen LogP) is 2.95. The van der Waals surface area contributed by atoms with Crippen LogP contribution in [-0.2, 0) is 23.3 Å². The van der Waals surface area contributed by atoms with E-state index in [1.807, 2.05) is 49.7 Å². The van der Waals surface area contributed by atoms with E-state index in [4.69, 9.17) is 0 Å². The molecule has 1 saturated heterocycles. The van der Waals surface area contributed by atoms with Crippen LogP contribution >= 0.6 is 11.8 Å². The van der Waals surface area contributed by atoms with Crippen LogP contribution in [-0.4, -0.2) is 50.7 Å². The number of sulfone groups is 1. The molecule has 1 fully saturated rings. The third kappa shape index (κ3) is 3.98. The number of carbonyl (C=O) groups is 1. The van der Waals surface area contributed by atoms with Crippen molar-refractivity contribution in [2.75, 3.05) is 11.5 Å². The SMILES string of the molecule is Cc1[nH]c2ccccc2c1C(=O)C(C)Sc1nnc(CC2CCS(=O)(=O)C2)n1C. The van der Waals surface area contributed by atoms with Crippen molar-refractivity contribution in [3.8, 4) is 0 Å². The Morgan fingerprint density at radius 3 is 2.83 bits per heavy atom. The first-order valence-electron chi connectivity index (χ1n) is 9.62. The van der Waals surface area contributed by atoms with E-state index in [0.717, 1.165) is 28.0 Å². The Morgan fingerprint density at radius 2 is 2.10 bits per heavy atom. The van der Waals surface area contributed by atoms with Crippen molar-refractivity contribution in [2.45, 2.75) is 37.1 Å². The largest absolute Gasteiger partial charge is 0.358 e. The van der Waals surface area contributed by atoms with Gasteiger partial charge in [-0.25, -0.2) is 8.42 Å². The highest BCUT2D eigenvalue weighted by atomic mass is 32.2. The highest BCUT2D eigenvalue weighted by Crippen LogP contribution is 2.30. The number of hydrogen-bond acceptors (Lipinski definition) is 6. The lowest BCUT2D eigenvalue weighted by molar-refractivity contribution is 0.0995. The van der Waals surface area contributed by atoms with E-state index in [1.54, 1.807) is 0 Å². The minimum Gasteiger partial charge on any atom is -0.358 e. The zero-order chi connectivity index (χ0) is 20.8. The molecular formula is C20H24N4O3S2. The van der Waals surface area contributed by atoms with Gasteiger partial charge in [-0.2, -0.15) is 0 Å². The van der Waals surface area contributed by atoms with Crippen LogP contribution in [0.4, 0.5) is 0 Å². The van der Waals surface area contributed by atoms with Gasteiger partial charge in [-0.3, -0.25) is 4.79 Å². The number of rotatable bonds is 6. The molecule has 7 nitrogen and oxygen atoms in total. The maximum Gasteiger partial charge on any atom is 0.191 e. The molecule has 3 aromatic rings. The number of hydrogen-bond donors (Lipinski definition) is 1. The van der Waals surface area contributed by atoms with E-state index < -0.39 is 9.84 Å². The molecule has 3 heterocycles. The van der Waals surface area contributed by atoms with E-state index in [2.05, 4.69) is 15.2 Å². The number of para-hydroxylation sites is 1. The fourth-order valence-electron chi connectivity index (χ4n) is 3.93. The molecule has 9 heteroatoms. The molecule has 154 valence electrons. The average Bonchev–Trinajstić information content (AvgIpc) is 3.30. The molecule has 0 amide bonds. The Bertz CT molecular complexity index is 1180. The Morgan fingerprint density at radius 1 is 1.34 bits per heavy atom. The number of fused-ring (bicyclic) bond motifs is 1. The number of aryl methyl sites for hydroxylation is 1. The van der Waals surface area contributed by atoms with Gasteiger partial charge in [0, 0.05) is 35.6 Å². The van der Waals surface area contributed by atoms with E-state index in [-0.39, 0.29) is 28.5 Å². The third-order valence-corrected chi connectivity index (χ3v) is 8.49. The number of nitrogens with zero attached hydrogens (tertiary/aromatic N) is 3. The number of benzene rings is 1. The number of nitrogens with one attached hydrogen (secondary N) is 1. The fourth-order valence-corrected chi connectivity index (χ4v) is 6.68.